The SMILES string of the molecule is CC(C)(C)C(=O)OCn1cc(NC(=O)/C=C/c2c(F)cccc2Cl)cn1. The molecule has 6 nitrogen and oxygen atoms in total. The van der Waals surface area contributed by atoms with Crippen molar-refractivity contribution < 1.29 is 18.7 Å². The second-order valence-electron chi connectivity index (χ2n) is 6.54. The van der Waals surface area contributed by atoms with E-state index in [1.807, 2.05) is 0 Å². The first kappa shape index (κ1) is 19.7. The number of esters is 1. The minimum atomic E-state index is -0.608. The van der Waals surface area contributed by atoms with E-state index in [1.54, 1.807) is 20.8 Å². The van der Waals surface area contributed by atoms with Crippen molar-refractivity contribution in [1.82, 2.24) is 9.78 Å². The van der Waals surface area contributed by atoms with Gasteiger partial charge in [-0.2, -0.15) is 5.10 Å². The number of carbonyl (C=O) groups is 2. The van der Waals surface area contributed by atoms with Gasteiger partial charge in [0.25, 0.3) is 0 Å². The van der Waals surface area contributed by atoms with Crippen molar-refractivity contribution in [3.8, 4) is 0 Å². The lowest BCUT2D eigenvalue weighted by Gasteiger charge is -2.16. The first-order valence-corrected chi connectivity index (χ1v) is 8.17. The molecule has 1 amide bonds. The maximum atomic E-state index is 13.6. The van der Waals surface area contributed by atoms with Crippen molar-refractivity contribution in [3.63, 3.8) is 0 Å². The van der Waals surface area contributed by atoms with Gasteiger partial charge in [0.15, 0.2) is 6.73 Å². The number of hydrogen-bond acceptors (Lipinski definition) is 4. The molecule has 1 aromatic heterocycles. The molecule has 0 spiro atoms. The Balaban J connectivity index is 1.93. The molecule has 0 fully saturated rings. The average Bonchev–Trinajstić information content (AvgIpc) is 2.98. The molecule has 1 aromatic carbocycles. The molecule has 0 aliphatic carbocycles. The summed E-state index contributed by atoms with van der Waals surface area (Å²) in [6, 6.07) is 4.27. The molecule has 0 unspecified atom stereocenters. The van der Waals surface area contributed by atoms with Crippen LogP contribution in [0.2, 0.25) is 5.02 Å². The van der Waals surface area contributed by atoms with E-state index in [-0.39, 0.29) is 23.3 Å². The molecule has 0 radical (unpaired) electrons. The van der Waals surface area contributed by atoms with E-state index in [1.165, 1.54) is 47.4 Å². The molecule has 1 heterocycles. The Morgan fingerprint density at radius 1 is 1.38 bits per heavy atom. The first-order valence-electron chi connectivity index (χ1n) is 7.79. The van der Waals surface area contributed by atoms with Gasteiger partial charge in [-0.25, -0.2) is 9.07 Å². The number of halogens is 2. The van der Waals surface area contributed by atoms with Crippen LogP contribution in [-0.4, -0.2) is 21.7 Å². The highest BCUT2D eigenvalue weighted by Crippen LogP contribution is 2.20. The third-order valence-corrected chi connectivity index (χ3v) is 3.57. The van der Waals surface area contributed by atoms with E-state index in [4.69, 9.17) is 16.3 Å². The molecule has 2 rings (SSSR count). The summed E-state index contributed by atoms with van der Waals surface area (Å²) in [7, 11) is 0. The molecule has 0 atom stereocenters. The molecular weight excluding hydrogens is 361 g/mol. The van der Waals surface area contributed by atoms with E-state index in [0.29, 0.717) is 5.69 Å². The summed E-state index contributed by atoms with van der Waals surface area (Å²) in [5.74, 6) is -1.35. The topological polar surface area (TPSA) is 73.2 Å². The van der Waals surface area contributed by atoms with E-state index in [2.05, 4.69) is 10.4 Å². The van der Waals surface area contributed by atoms with Gasteiger partial charge in [-0.05, 0) is 39.0 Å². The van der Waals surface area contributed by atoms with Gasteiger partial charge < -0.3 is 10.1 Å². The molecule has 0 saturated heterocycles. The van der Waals surface area contributed by atoms with Crippen molar-refractivity contribution in [3.05, 3.63) is 53.1 Å². The number of aromatic nitrogens is 2. The number of hydrogen-bond donors (Lipinski definition) is 1. The summed E-state index contributed by atoms with van der Waals surface area (Å²) in [6.07, 6.45) is 5.38. The number of amides is 1. The van der Waals surface area contributed by atoms with Gasteiger partial charge in [0.05, 0.1) is 28.5 Å². The van der Waals surface area contributed by atoms with Crippen LogP contribution in [0.25, 0.3) is 6.08 Å². The molecule has 138 valence electrons. The molecule has 0 aliphatic rings. The highest BCUT2D eigenvalue weighted by molar-refractivity contribution is 6.32. The van der Waals surface area contributed by atoms with Gasteiger partial charge in [-0.3, -0.25) is 9.59 Å². The van der Waals surface area contributed by atoms with Crippen molar-refractivity contribution >= 4 is 35.2 Å². The van der Waals surface area contributed by atoms with Gasteiger partial charge >= 0.3 is 5.97 Å². The van der Waals surface area contributed by atoms with Crippen molar-refractivity contribution in [2.24, 2.45) is 5.41 Å². The predicted molar refractivity (Wildman–Crippen MR) is 96.8 cm³/mol. The zero-order valence-corrected chi connectivity index (χ0v) is 15.4. The molecule has 0 aliphatic heterocycles. The molecule has 2 aromatic rings. The van der Waals surface area contributed by atoms with Gasteiger partial charge in [-0.1, -0.05) is 17.7 Å². The summed E-state index contributed by atoms with van der Waals surface area (Å²) in [5, 5.41) is 6.77. The largest absolute Gasteiger partial charge is 0.442 e. The van der Waals surface area contributed by atoms with E-state index < -0.39 is 17.1 Å². The van der Waals surface area contributed by atoms with Crippen LogP contribution in [0, 0.1) is 11.2 Å². The summed E-state index contributed by atoms with van der Waals surface area (Å²) >= 11 is 5.89. The van der Waals surface area contributed by atoms with Crippen LogP contribution in [0.15, 0.2) is 36.7 Å². The Morgan fingerprint density at radius 3 is 2.77 bits per heavy atom. The van der Waals surface area contributed by atoms with Crippen LogP contribution in [0.3, 0.4) is 0 Å². The van der Waals surface area contributed by atoms with Crippen LogP contribution in [0.5, 0.6) is 0 Å². The smallest absolute Gasteiger partial charge is 0.313 e. The fourth-order valence-corrected chi connectivity index (χ4v) is 2.08. The van der Waals surface area contributed by atoms with Crippen LogP contribution >= 0.6 is 11.6 Å². The lowest BCUT2D eigenvalue weighted by Crippen LogP contribution is -2.24. The number of nitrogens with one attached hydrogen (secondary N) is 1. The van der Waals surface area contributed by atoms with Crippen LogP contribution in [0.1, 0.15) is 26.3 Å². The normalized spacial score (nSPS) is 11.6. The van der Waals surface area contributed by atoms with Crippen molar-refractivity contribution in [2.75, 3.05) is 5.32 Å². The third-order valence-electron chi connectivity index (χ3n) is 3.24. The number of benzene rings is 1. The zero-order chi connectivity index (χ0) is 19.3. The van der Waals surface area contributed by atoms with E-state index in [0.717, 1.165) is 0 Å². The van der Waals surface area contributed by atoms with Crippen molar-refractivity contribution in [1.29, 1.82) is 0 Å². The maximum Gasteiger partial charge on any atom is 0.313 e. The summed E-state index contributed by atoms with van der Waals surface area (Å²) in [6.45, 7) is 5.18. The minimum absolute atomic E-state index is 0.0628. The fraction of sp³-hybridized carbons (Fsp3) is 0.278. The van der Waals surface area contributed by atoms with E-state index >= 15 is 0 Å². The number of anilines is 1. The highest BCUT2D eigenvalue weighted by Gasteiger charge is 2.23. The summed E-state index contributed by atoms with van der Waals surface area (Å²) in [5.41, 5.74) is -0.0663. The lowest BCUT2D eigenvalue weighted by atomic mass is 9.98. The molecule has 26 heavy (non-hydrogen) atoms. The first-order chi connectivity index (χ1) is 12.2. The Bertz CT molecular complexity index is 820. The predicted octanol–water partition coefficient (Wildman–Crippen LogP) is 3.87. The second-order valence-corrected chi connectivity index (χ2v) is 6.94. The molecular formula is C18H19ClFN3O3. The minimum Gasteiger partial charge on any atom is -0.442 e. The lowest BCUT2D eigenvalue weighted by molar-refractivity contribution is -0.157. The quantitative estimate of drug-likeness (QED) is 0.632. The third kappa shape index (κ3) is 5.42. The number of nitrogens with zero attached hydrogens (tertiary/aromatic N) is 2. The molecule has 1 N–H and O–H groups in total. The van der Waals surface area contributed by atoms with Gasteiger partial charge in [-0.15, -0.1) is 0 Å². The Labute approximate surface area is 155 Å². The maximum absolute atomic E-state index is 13.6. The van der Waals surface area contributed by atoms with Crippen molar-refractivity contribution in [2.45, 2.75) is 27.5 Å². The average molecular weight is 380 g/mol. The molecule has 0 bridgehead atoms. The fourth-order valence-electron chi connectivity index (χ4n) is 1.85. The number of rotatable bonds is 5. The Hall–Kier alpha value is -2.67. The summed E-state index contributed by atoms with van der Waals surface area (Å²) in [4.78, 5) is 23.6. The summed E-state index contributed by atoms with van der Waals surface area (Å²) < 4.78 is 20.1. The number of carbonyl (C=O) groups excluding carboxylic acids is 2. The molecule has 0 saturated carbocycles. The monoisotopic (exact) mass is 379 g/mol. The van der Waals surface area contributed by atoms with E-state index in [9.17, 15) is 14.0 Å². The Kier molecular flexibility index (Phi) is 6.15. The van der Waals surface area contributed by atoms with Gasteiger partial charge in [0.1, 0.15) is 5.82 Å². The second kappa shape index (κ2) is 8.14. The van der Waals surface area contributed by atoms with Crippen LogP contribution in [0.4, 0.5) is 10.1 Å². The van der Waals surface area contributed by atoms with Crippen LogP contribution < -0.4 is 5.32 Å². The molecule has 8 heteroatoms. The standard InChI is InChI=1S/C18H19ClFN3O3/c1-18(2,3)17(25)26-11-23-10-12(9-21-23)22-16(24)8-7-13-14(19)5-4-6-15(13)20/h4-10H,11H2,1-3H3,(H,22,24)/b8-7+. The highest BCUT2D eigenvalue weighted by atomic mass is 35.5. The Morgan fingerprint density at radius 2 is 2.12 bits per heavy atom. The van der Waals surface area contributed by atoms with Gasteiger partial charge in [0, 0.05) is 11.6 Å². The van der Waals surface area contributed by atoms with Crippen LogP contribution in [-0.2, 0) is 21.1 Å². The van der Waals surface area contributed by atoms with Gasteiger partial charge in [0.2, 0.25) is 5.91 Å². The zero-order valence-electron chi connectivity index (χ0n) is 14.6. The number of ether oxygens (including phenoxy) is 1.